The number of rotatable bonds is 3. The molecule has 0 aromatic rings. The van der Waals surface area contributed by atoms with E-state index in [0.29, 0.717) is 13.2 Å². The number of esters is 1. The molecule has 108 valence electrons. The van der Waals surface area contributed by atoms with Gasteiger partial charge in [-0.3, -0.25) is 4.79 Å². The molecule has 0 aromatic heterocycles. The fourth-order valence-corrected chi connectivity index (χ4v) is 2.56. The molecule has 2 saturated heterocycles. The summed E-state index contributed by atoms with van der Waals surface area (Å²) in [5.74, 6) is -0.332. The lowest BCUT2D eigenvalue weighted by Gasteiger charge is -2.32. The maximum absolute atomic E-state index is 12.0. The first-order valence-electron chi connectivity index (χ1n) is 7.01. The highest BCUT2D eigenvalue weighted by Crippen LogP contribution is 2.42. The molecular formula is C13H24BNO4. The summed E-state index contributed by atoms with van der Waals surface area (Å²) < 4.78 is 17.2. The standard InChI is InChI=1S/C13H24BNO4/c1-6-17-11(16)9-7-15-8-10(9)14-18-12(2,3)13(4,5)19-14/h9-10,15H,6-8H2,1-5H3/t9-,10-/m1/s1. The van der Waals surface area contributed by atoms with E-state index in [2.05, 4.69) is 5.32 Å². The van der Waals surface area contributed by atoms with Crippen LogP contribution in [0, 0.1) is 5.92 Å². The summed E-state index contributed by atoms with van der Waals surface area (Å²) in [6.45, 7) is 11.7. The van der Waals surface area contributed by atoms with Crippen LogP contribution in [0.5, 0.6) is 0 Å². The van der Waals surface area contributed by atoms with Gasteiger partial charge in [0, 0.05) is 12.4 Å². The van der Waals surface area contributed by atoms with E-state index in [9.17, 15) is 4.79 Å². The molecule has 2 aliphatic rings. The van der Waals surface area contributed by atoms with Crippen molar-refractivity contribution in [1.82, 2.24) is 5.32 Å². The van der Waals surface area contributed by atoms with E-state index in [0.717, 1.165) is 6.54 Å². The van der Waals surface area contributed by atoms with Crippen molar-refractivity contribution in [3.8, 4) is 0 Å². The highest BCUT2D eigenvalue weighted by molar-refractivity contribution is 6.48. The second-order valence-corrected chi connectivity index (χ2v) is 6.31. The Labute approximate surface area is 115 Å². The van der Waals surface area contributed by atoms with Crippen molar-refractivity contribution < 1.29 is 18.8 Å². The number of carbonyl (C=O) groups excluding carboxylic acids is 1. The Balaban J connectivity index is 2.08. The van der Waals surface area contributed by atoms with Crippen molar-refractivity contribution in [2.24, 2.45) is 5.92 Å². The van der Waals surface area contributed by atoms with E-state index in [1.54, 1.807) is 0 Å². The average Bonchev–Trinajstić information content (AvgIpc) is 2.82. The average molecular weight is 269 g/mol. The zero-order valence-electron chi connectivity index (χ0n) is 12.5. The maximum atomic E-state index is 12.0. The van der Waals surface area contributed by atoms with Crippen LogP contribution >= 0.6 is 0 Å². The summed E-state index contributed by atoms with van der Waals surface area (Å²) in [5.41, 5.74) is -0.723. The van der Waals surface area contributed by atoms with Crippen LogP contribution in [0.1, 0.15) is 34.6 Å². The molecule has 1 N–H and O–H groups in total. The van der Waals surface area contributed by atoms with Gasteiger partial charge in [-0.25, -0.2) is 0 Å². The highest BCUT2D eigenvalue weighted by atomic mass is 16.7. The molecule has 2 heterocycles. The molecule has 5 nitrogen and oxygen atoms in total. The number of ether oxygens (including phenoxy) is 1. The summed E-state index contributed by atoms with van der Waals surface area (Å²) in [4.78, 5) is 12.0. The summed E-state index contributed by atoms with van der Waals surface area (Å²) in [6, 6.07) is 0. The molecule has 0 spiro atoms. The van der Waals surface area contributed by atoms with Gasteiger partial charge < -0.3 is 19.4 Å². The normalized spacial score (nSPS) is 32.6. The molecule has 6 heteroatoms. The van der Waals surface area contributed by atoms with E-state index in [-0.39, 0.29) is 36.0 Å². The van der Waals surface area contributed by atoms with Gasteiger partial charge in [0.15, 0.2) is 0 Å². The van der Waals surface area contributed by atoms with Gasteiger partial charge in [0.2, 0.25) is 0 Å². The van der Waals surface area contributed by atoms with Gasteiger partial charge in [0.25, 0.3) is 0 Å². The fraction of sp³-hybridized carbons (Fsp3) is 0.923. The third kappa shape index (κ3) is 2.66. The summed E-state index contributed by atoms with van der Waals surface area (Å²) in [6.07, 6.45) is 0. The Bertz CT molecular complexity index is 343. The lowest BCUT2D eigenvalue weighted by molar-refractivity contribution is -0.147. The largest absolute Gasteiger partial charge is 0.466 e. The van der Waals surface area contributed by atoms with Crippen LogP contribution in [0.2, 0.25) is 5.82 Å². The van der Waals surface area contributed by atoms with E-state index in [4.69, 9.17) is 14.0 Å². The molecule has 0 bridgehead atoms. The van der Waals surface area contributed by atoms with Crippen molar-refractivity contribution >= 4 is 13.1 Å². The van der Waals surface area contributed by atoms with Gasteiger partial charge in [-0.2, -0.15) is 0 Å². The lowest BCUT2D eigenvalue weighted by Crippen LogP contribution is -2.41. The minimum atomic E-state index is -0.362. The zero-order valence-corrected chi connectivity index (χ0v) is 12.5. The Kier molecular flexibility index (Phi) is 3.96. The minimum absolute atomic E-state index is 0.0140. The molecule has 19 heavy (non-hydrogen) atoms. The number of nitrogens with one attached hydrogen (secondary N) is 1. The first kappa shape index (κ1) is 14.8. The first-order valence-corrected chi connectivity index (χ1v) is 7.01. The molecule has 0 aliphatic carbocycles. The zero-order chi connectivity index (χ0) is 14.3. The van der Waals surface area contributed by atoms with Crippen LogP contribution in [0.4, 0.5) is 0 Å². The molecule has 2 fully saturated rings. The summed E-state index contributed by atoms with van der Waals surface area (Å²) in [5, 5.41) is 3.23. The molecule has 0 aromatic carbocycles. The van der Waals surface area contributed by atoms with Crippen LogP contribution in [-0.2, 0) is 18.8 Å². The predicted octanol–water partition coefficient (Wildman–Crippen LogP) is 1.23. The highest BCUT2D eigenvalue weighted by Gasteiger charge is 2.56. The molecule has 0 saturated carbocycles. The van der Waals surface area contributed by atoms with Crippen molar-refractivity contribution in [1.29, 1.82) is 0 Å². The van der Waals surface area contributed by atoms with Crippen LogP contribution in [-0.4, -0.2) is 44.0 Å². The van der Waals surface area contributed by atoms with Gasteiger partial charge in [0.1, 0.15) is 0 Å². The molecule has 2 aliphatic heterocycles. The monoisotopic (exact) mass is 269 g/mol. The molecule has 0 unspecified atom stereocenters. The quantitative estimate of drug-likeness (QED) is 0.617. The summed E-state index contributed by atoms with van der Waals surface area (Å²) >= 11 is 0. The van der Waals surface area contributed by atoms with E-state index < -0.39 is 0 Å². The molecular weight excluding hydrogens is 245 g/mol. The number of hydrogen-bond donors (Lipinski definition) is 1. The van der Waals surface area contributed by atoms with E-state index in [1.807, 2.05) is 34.6 Å². The van der Waals surface area contributed by atoms with Gasteiger partial charge >= 0.3 is 13.1 Å². The molecule has 0 amide bonds. The van der Waals surface area contributed by atoms with Gasteiger partial charge in [-0.05, 0) is 41.2 Å². The predicted molar refractivity (Wildman–Crippen MR) is 72.8 cm³/mol. The van der Waals surface area contributed by atoms with Crippen LogP contribution in [0.15, 0.2) is 0 Å². The van der Waals surface area contributed by atoms with Crippen molar-refractivity contribution in [3.63, 3.8) is 0 Å². The topological polar surface area (TPSA) is 56.8 Å². The minimum Gasteiger partial charge on any atom is -0.466 e. The lowest BCUT2D eigenvalue weighted by atomic mass is 9.66. The molecule has 0 radical (unpaired) electrons. The Morgan fingerprint density at radius 2 is 1.84 bits per heavy atom. The van der Waals surface area contributed by atoms with Gasteiger partial charge in [0.05, 0.1) is 23.7 Å². The van der Waals surface area contributed by atoms with Crippen molar-refractivity contribution in [2.75, 3.05) is 19.7 Å². The second-order valence-electron chi connectivity index (χ2n) is 6.31. The third-order valence-corrected chi connectivity index (χ3v) is 4.47. The summed E-state index contributed by atoms with van der Waals surface area (Å²) in [7, 11) is -0.352. The smallest absolute Gasteiger partial charge is 0.463 e. The van der Waals surface area contributed by atoms with Crippen LogP contribution in [0.25, 0.3) is 0 Å². The molecule has 2 rings (SSSR count). The van der Waals surface area contributed by atoms with Gasteiger partial charge in [-0.1, -0.05) is 0 Å². The van der Waals surface area contributed by atoms with Crippen LogP contribution in [0.3, 0.4) is 0 Å². The number of hydrogen-bond acceptors (Lipinski definition) is 5. The van der Waals surface area contributed by atoms with Crippen molar-refractivity contribution in [2.45, 2.75) is 51.6 Å². The Morgan fingerprint density at radius 3 is 2.37 bits per heavy atom. The Morgan fingerprint density at radius 1 is 1.26 bits per heavy atom. The van der Waals surface area contributed by atoms with E-state index >= 15 is 0 Å². The maximum Gasteiger partial charge on any atom is 0.463 e. The van der Waals surface area contributed by atoms with Crippen molar-refractivity contribution in [3.05, 3.63) is 0 Å². The first-order chi connectivity index (χ1) is 8.78. The Hall–Kier alpha value is -0.585. The van der Waals surface area contributed by atoms with Crippen LogP contribution < -0.4 is 5.32 Å². The third-order valence-electron chi connectivity index (χ3n) is 4.47. The second kappa shape index (κ2) is 5.07. The molecule has 2 atom stereocenters. The van der Waals surface area contributed by atoms with E-state index in [1.165, 1.54) is 0 Å². The van der Waals surface area contributed by atoms with Gasteiger partial charge in [-0.15, -0.1) is 0 Å². The SMILES string of the molecule is CCOC(=O)[C@@H]1CNC[C@H]1B1OC(C)(C)C(C)(C)O1. The number of carbonyl (C=O) groups is 1. The fourth-order valence-electron chi connectivity index (χ4n) is 2.56.